The molecule has 0 saturated heterocycles. The van der Waals surface area contributed by atoms with Crippen LogP contribution >= 0.6 is 34.7 Å². The van der Waals surface area contributed by atoms with Crippen molar-refractivity contribution in [2.75, 3.05) is 0 Å². The van der Waals surface area contributed by atoms with Gasteiger partial charge in [-0.05, 0) is 42.4 Å². The molecule has 1 atom stereocenters. The van der Waals surface area contributed by atoms with E-state index in [-0.39, 0.29) is 0 Å². The molecule has 1 aliphatic rings. The maximum atomic E-state index is 6.27. The molecule has 0 aliphatic heterocycles. The number of rotatable bonds is 3. The molecule has 5 heteroatoms. The minimum absolute atomic E-state index is 0.780. The number of nitrogens with zero attached hydrogens (tertiary/aromatic N) is 2. The lowest BCUT2D eigenvalue weighted by Gasteiger charge is -2.18. The van der Waals surface area contributed by atoms with Gasteiger partial charge in [0.2, 0.25) is 0 Å². The summed E-state index contributed by atoms with van der Waals surface area (Å²) in [7, 11) is 0. The van der Waals surface area contributed by atoms with Crippen LogP contribution in [0.2, 0.25) is 5.02 Å². The standard InChI is InChI=1S/C18H17ClN2S2/c1-11-6-7-13-15(8-11)23-18-16(13)17(20-10-21-18)22-9-12-4-2-3-5-14(12)19/h2-5,10-11H,6-9H2,1H3. The largest absolute Gasteiger partial charge is 0.229 e. The second-order valence-corrected chi connectivity index (χ2v) is 8.55. The van der Waals surface area contributed by atoms with Crippen molar-refractivity contribution < 1.29 is 0 Å². The number of fused-ring (bicyclic) bond motifs is 3. The van der Waals surface area contributed by atoms with E-state index < -0.39 is 0 Å². The van der Waals surface area contributed by atoms with E-state index in [0.717, 1.165) is 38.5 Å². The van der Waals surface area contributed by atoms with E-state index >= 15 is 0 Å². The van der Waals surface area contributed by atoms with Crippen molar-refractivity contribution in [3.63, 3.8) is 0 Å². The minimum Gasteiger partial charge on any atom is -0.229 e. The Morgan fingerprint density at radius 2 is 2.17 bits per heavy atom. The Kier molecular flexibility index (Phi) is 4.31. The number of aromatic nitrogens is 2. The van der Waals surface area contributed by atoms with E-state index in [2.05, 4.69) is 23.0 Å². The van der Waals surface area contributed by atoms with Crippen LogP contribution in [0.15, 0.2) is 35.6 Å². The minimum atomic E-state index is 0.780. The number of halogens is 1. The number of hydrogen-bond acceptors (Lipinski definition) is 4. The van der Waals surface area contributed by atoms with Gasteiger partial charge in [0.15, 0.2) is 0 Å². The fourth-order valence-electron chi connectivity index (χ4n) is 3.12. The van der Waals surface area contributed by atoms with Crippen molar-refractivity contribution in [1.29, 1.82) is 0 Å². The van der Waals surface area contributed by atoms with Crippen LogP contribution in [0.25, 0.3) is 10.2 Å². The second-order valence-electron chi connectivity index (χ2n) is 6.09. The van der Waals surface area contributed by atoms with E-state index in [9.17, 15) is 0 Å². The molecule has 0 N–H and O–H groups in total. The summed E-state index contributed by atoms with van der Waals surface area (Å²) in [5.41, 5.74) is 2.65. The lowest BCUT2D eigenvalue weighted by molar-refractivity contribution is 0.509. The van der Waals surface area contributed by atoms with Gasteiger partial charge < -0.3 is 0 Å². The third kappa shape index (κ3) is 3.00. The Labute approximate surface area is 149 Å². The zero-order valence-electron chi connectivity index (χ0n) is 12.9. The van der Waals surface area contributed by atoms with E-state index in [1.54, 1.807) is 18.1 Å². The van der Waals surface area contributed by atoms with Gasteiger partial charge in [0.1, 0.15) is 16.2 Å². The van der Waals surface area contributed by atoms with Crippen LogP contribution < -0.4 is 0 Å². The Hall–Kier alpha value is -1.10. The predicted molar refractivity (Wildman–Crippen MR) is 99.6 cm³/mol. The van der Waals surface area contributed by atoms with Gasteiger partial charge in [-0.15, -0.1) is 23.1 Å². The summed E-state index contributed by atoms with van der Waals surface area (Å²) in [5.74, 6) is 1.62. The first-order valence-electron chi connectivity index (χ1n) is 7.84. The maximum Gasteiger partial charge on any atom is 0.128 e. The molecule has 0 spiro atoms. The smallest absolute Gasteiger partial charge is 0.128 e. The first-order chi connectivity index (χ1) is 11.2. The third-order valence-electron chi connectivity index (χ3n) is 4.38. The number of thioether (sulfide) groups is 1. The molecule has 1 unspecified atom stereocenters. The van der Waals surface area contributed by atoms with E-state index in [0.29, 0.717) is 0 Å². The lowest BCUT2D eigenvalue weighted by atomic mass is 9.89. The summed E-state index contributed by atoms with van der Waals surface area (Å²) in [6, 6.07) is 8.03. The molecule has 4 rings (SSSR count). The van der Waals surface area contributed by atoms with Gasteiger partial charge in [-0.2, -0.15) is 0 Å². The lowest BCUT2D eigenvalue weighted by Crippen LogP contribution is -2.08. The summed E-state index contributed by atoms with van der Waals surface area (Å²) in [6.45, 7) is 2.34. The Balaban J connectivity index is 1.69. The number of hydrogen-bond donors (Lipinski definition) is 0. The molecule has 0 bridgehead atoms. The quantitative estimate of drug-likeness (QED) is 0.438. The Morgan fingerprint density at radius 3 is 3.04 bits per heavy atom. The molecule has 0 radical (unpaired) electrons. The van der Waals surface area contributed by atoms with Gasteiger partial charge >= 0.3 is 0 Å². The summed E-state index contributed by atoms with van der Waals surface area (Å²) >= 11 is 9.89. The normalized spacial score (nSPS) is 17.4. The summed E-state index contributed by atoms with van der Waals surface area (Å²) in [5, 5.41) is 3.21. The number of thiophene rings is 1. The van der Waals surface area contributed by atoms with Gasteiger partial charge in [0.05, 0.1) is 0 Å². The van der Waals surface area contributed by atoms with Crippen LogP contribution in [-0.2, 0) is 18.6 Å². The molecule has 23 heavy (non-hydrogen) atoms. The topological polar surface area (TPSA) is 25.8 Å². The zero-order chi connectivity index (χ0) is 15.8. The predicted octanol–water partition coefficient (Wildman–Crippen LogP) is 5.76. The summed E-state index contributed by atoms with van der Waals surface area (Å²) < 4.78 is 0. The highest BCUT2D eigenvalue weighted by Crippen LogP contribution is 2.41. The van der Waals surface area contributed by atoms with Gasteiger partial charge in [0.25, 0.3) is 0 Å². The van der Waals surface area contributed by atoms with Crippen molar-refractivity contribution in [2.45, 2.75) is 37.0 Å². The average molecular weight is 361 g/mol. The fraction of sp³-hybridized carbons (Fsp3) is 0.333. The van der Waals surface area contributed by atoms with E-state index in [1.165, 1.54) is 28.7 Å². The average Bonchev–Trinajstić information content (AvgIpc) is 2.92. The molecular weight excluding hydrogens is 344 g/mol. The van der Waals surface area contributed by atoms with E-state index in [4.69, 9.17) is 11.6 Å². The highest BCUT2D eigenvalue weighted by atomic mass is 35.5. The summed E-state index contributed by atoms with van der Waals surface area (Å²) in [4.78, 5) is 11.7. The maximum absolute atomic E-state index is 6.27. The molecule has 0 amide bonds. The monoisotopic (exact) mass is 360 g/mol. The molecule has 118 valence electrons. The molecule has 0 fully saturated rings. The first kappa shape index (κ1) is 15.4. The number of aryl methyl sites for hydroxylation is 1. The van der Waals surface area contributed by atoms with Crippen molar-refractivity contribution >= 4 is 44.9 Å². The molecule has 2 nitrogen and oxygen atoms in total. The van der Waals surface area contributed by atoms with Crippen LogP contribution in [0.5, 0.6) is 0 Å². The molecular formula is C18H17ClN2S2. The van der Waals surface area contributed by atoms with Gasteiger partial charge in [0, 0.05) is 21.0 Å². The van der Waals surface area contributed by atoms with Crippen LogP contribution in [0.4, 0.5) is 0 Å². The third-order valence-corrected chi connectivity index (χ3v) is 6.95. The Morgan fingerprint density at radius 1 is 1.30 bits per heavy atom. The molecule has 2 heterocycles. The SMILES string of the molecule is CC1CCc2c(sc3ncnc(SCc4ccccc4Cl)c23)C1. The molecule has 1 aliphatic carbocycles. The van der Waals surface area contributed by atoms with Crippen molar-refractivity contribution in [3.8, 4) is 0 Å². The highest BCUT2D eigenvalue weighted by Gasteiger charge is 2.23. The molecule has 1 aromatic carbocycles. The molecule has 2 aromatic heterocycles. The fourth-order valence-corrected chi connectivity index (χ4v) is 5.84. The first-order valence-corrected chi connectivity index (χ1v) is 10.0. The van der Waals surface area contributed by atoms with Gasteiger partial charge in [-0.1, -0.05) is 36.7 Å². The Bertz CT molecular complexity index is 859. The molecule has 3 aromatic rings. The van der Waals surface area contributed by atoms with E-state index in [1.807, 2.05) is 29.5 Å². The van der Waals surface area contributed by atoms with Crippen molar-refractivity contribution in [3.05, 3.63) is 51.6 Å². The number of benzene rings is 1. The van der Waals surface area contributed by atoms with Crippen LogP contribution in [0.1, 0.15) is 29.3 Å². The second kappa shape index (κ2) is 6.42. The van der Waals surface area contributed by atoms with Gasteiger partial charge in [-0.3, -0.25) is 0 Å². The van der Waals surface area contributed by atoms with Crippen molar-refractivity contribution in [2.24, 2.45) is 5.92 Å². The van der Waals surface area contributed by atoms with Crippen LogP contribution in [-0.4, -0.2) is 9.97 Å². The highest BCUT2D eigenvalue weighted by molar-refractivity contribution is 7.98. The molecule has 0 saturated carbocycles. The van der Waals surface area contributed by atoms with Crippen LogP contribution in [0.3, 0.4) is 0 Å². The zero-order valence-corrected chi connectivity index (χ0v) is 15.3. The van der Waals surface area contributed by atoms with Gasteiger partial charge in [-0.25, -0.2) is 9.97 Å². The van der Waals surface area contributed by atoms with Crippen LogP contribution in [0, 0.1) is 5.92 Å². The summed E-state index contributed by atoms with van der Waals surface area (Å²) in [6.07, 6.45) is 5.31. The van der Waals surface area contributed by atoms with Crippen molar-refractivity contribution in [1.82, 2.24) is 9.97 Å².